The number of carbonyl (C=O) groups is 1. The maximum Gasteiger partial charge on any atom is 0.224 e. The number of amides is 1. The highest BCUT2D eigenvalue weighted by Crippen LogP contribution is 2.20. The fraction of sp³-hybridized carbons (Fsp3) is 0.381. The summed E-state index contributed by atoms with van der Waals surface area (Å²) >= 11 is 0. The zero-order chi connectivity index (χ0) is 18.5. The molecule has 0 spiro atoms. The molecular weight excluding hydrogens is 324 g/mol. The largest absolute Gasteiger partial charge is 0.326 e. The normalized spacial score (nSPS) is 11.2. The average molecular weight is 350 g/mol. The minimum atomic E-state index is 0.0413. The van der Waals surface area contributed by atoms with Crippen LogP contribution in [0, 0.1) is 0 Å². The number of nitrogens with zero attached hydrogens (tertiary/aromatic N) is 3. The topological polar surface area (TPSA) is 59.8 Å². The number of hydrogen-bond donors (Lipinski definition) is 1. The van der Waals surface area contributed by atoms with Crippen LogP contribution in [0.3, 0.4) is 0 Å². The van der Waals surface area contributed by atoms with Gasteiger partial charge in [-0.15, -0.1) is 0 Å². The highest BCUT2D eigenvalue weighted by Gasteiger charge is 2.14. The molecule has 136 valence electrons. The monoisotopic (exact) mass is 350 g/mol. The summed E-state index contributed by atoms with van der Waals surface area (Å²) in [6.07, 6.45) is 4.79. The van der Waals surface area contributed by atoms with Gasteiger partial charge in [0.2, 0.25) is 5.91 Å². The fourth-order valence-corrected chi connectivity index (χ4v) is 3.15. The molecule has 5 heteroatoms. The van der Waals surface area contributed by atoms with Gasteiger partial charge in [-0.25, -0.2) is 9.97 Å². The number of nitrogens with one attached hydrogen (secondary N) is 1. The Kier molecular flexibility index (Phi) is 5.66. The van der Waals surface area contributed by atoms with Gasteiger partial charge < -0.3 is 9.88 Å². The SMILES string of the molecule is CCc1ccc(NC(=O)CCCc2nc3cccnc3n2C(C)C)cc1. The molecule has 1 aromatic carbocycles. The number of hydrogen-bond acceptors (Lipinski definition) is 3. The molecule has 0 aliphatic heterocycles. The fourth-order valence-electron chi connectivity index (χ4n) is 3.15. The molecule has 1 N–H and O–H groups in total. The number of aryl methyl sites for hydroxylation is 2. The van der Waals surface area contributed by atoms with Crippen LogP contribution in [-0.2, 0) is 17.6 Å². The third-order valence-corrected chi connectivity index (χ3v) is 4.49. The van der Waals surface area contributed by atoms with E-state index in [1.807, 2.05) is 36.4 Å². The molecule has 2 aromatic heterocycles. The van der Waals surface area contributed by atoms with E-state index < -0.39 is 0 Å². The van der Waals surface area contributed by atoms with Crippen molar-refractivity contribution in [2.75, 3.05) is 5.32 Å². The van der Waals surface area contributed by atoms with Gasteiger partial charge in [0.15, 0.2) is 5.65 Å². The van der Waals surface area contributed by atoms with Gasteiger partial charge in [0.1, 0.15) is 11.3 Å². The van der Waals surface area contributed by atoms with Crippen LogP contribution in [0.25, 0.3) is 11.2 Å². The van der Waals surface area contributed by atoms with Crippen molar-refractivity contribution in [3.05, 3.63) is 54.0 Å². The van der Waals surface area contributed by atoms with Crippen molar-refractivity contribution in [3.63, 3.8) is 0 Å². The standard InChI is InChI=1S/C21H26N4O/c1-4-16-10-12-17(13-11-16)23-20(26)9-5-8-19-24-18-7-6-14-22-21(18)25(19)15(2)3/h6-7,10-15H,4-5,8-9H2,1-3H3,(H,23,26). The molecule has 0 unspecified atom stereocenters. The van der Waals surface area contributed by atoms with Gasteiger partial charge in [-0.2, -0.15) is 0 Å². The van der Waals surface area contributed by atoms with Crippen molar-refractivity contribution in [3.8, 4) is 0 Å². The predicted octanol–water partition coefficient (Wildman–Crippen LogP) is 4.54. The van der Waals surface area contributed by atoms with E-state index in [1.54, 1.807) is 6.20 Å². The van der Waals surface area contributed by atoms with Crippen molar-refractivity contribution in [1.29, 1.82) is 0 Å². The van der Waals surface area contributed by atoms with Crippen molar-refractivity contribution < 1.29 is 4.79 Å². The number of fused-ring (bicyclic) bond motifs is 1. The second kappa shape index (κ2) is 8.13. The Balaban J connectivity index is 1.59. The molecule has 0 radical (unpaired) electrons. The molecule has 0 aliphatic carbocycles. The molecule has 0 aliphatic rings. The van der Waals surface area contributed by atoms with E-state index in [1.165, 1.54) is 5.56 Å². The van der Waals surface area contributed by atoms with Gasteiger partial charge >= 0.3 is 0 Å². The van der Waals surface area contributed by atoms with Gasteiger partial charge in [0.05, 0.1) is 0 Å². The summed E-state index contributed by atoms with van der Waals surface area (Å²) in [5.41, 5.74) is 3.95. The maximum atomic E-state index is 12.2. The minimum Gasteiger partial charge on any atom is -0.326 e. The number of aromatic nitrogens is 3. The quantitative estimate of drug-likeness (QED) is 0.681. The van der Waals surface area contributed by atoms with E-state index in [9.17, 15) is 4.79 Å². The Morgan fingerprint density at radius 1 is 1.19 bits per heavy atom. The third kappa shape index (κ3) is 4.10. The van der Waals surface area contributed by atoms with Crippen molar-refractivity contribution in [1.82, 2.24) is 14.5 Å². The Morgan fingerprint density at radius 3 is 2.65 bits per heavy atom. The number of benzene rings is 1. The first-order valence-corrected chi connectivity index (χ1v) is 9.29. The van der Waals surface area contributed by atoms with E-state index in [4.69, 9.17) is 4.98 Å². The lowest BCUT2D eigenvalue weighted by molar-refractivity contribution is -0.116. The Morgan fingerprint density at radius 2 is 1.96 bits per heavy atom. The summed E-state index contributed by atoms with van der Waals surface area (Å²) in [4.78, 5) is 21.4. The van der Waals surface area contributed by atoms with Crippen LogP contribution < -0.4 is 5.32 Å². The molecule has 2 heterocycles. The van der Waals surface area contributed by atoms with Crippen LogP contribution in [0.1, 0.15) is 51.0 Å². The van der Waals surface area contributed by atoms with E-state index in [0.717, 1.165) is 41.9 Å². The van der Waals surface area contributed by atoms with Crippen LogP contribution in [0.5, 0.6) is 0 Å². The summed E-state index contributed by atoms with van der Waals surface area (Å²) in [7, 11) is 0. The van der Waals surface area contributed by atoms with E-state index in [0.29, 0.717) is 6.42 Å². The molecule has 0 atom stereocenters. The first-order valence-electron chi connectivity index (χ1n) is 9.29. The average Bonchev–Trinajstić information content (AvgIpc) is 3.00. The zero-order valence-electron chi connectivity index (χ0n) is 15.7. The number of rotatable bonds is 7. The van der Waals surface area contributed by atoms with Crippen molar-refractivity contribution in [2.45, 2.75) is 52.5 Å². The van der Waals surface area contributed by atoms with Crippen LogP contribution >= 0.6 is 0 Å². The van der Waals surface area contributed by atoms with Gasteiger partial charge in [-0.1, -0.05) is 19.1 Å². The molecule has 5 nitrogen and oxygen atoms in total. The smallest absolute Gasteiger partial charge is 0.224 e. The van der Waals surface area contributed by atoms with E-state index >= 15 is 0 Å². The Bertz CT molecular complexity index is 881. The minimum absolute atomic E-state index is 0.0413. The molecular formula is C21H26N4O. The van der Waals surface area contributed by atoms with E-state index in [2.05, 4.69) is 35.6 Å². The second-order valence-corrected chi connectivity index (χ2v) is 6.79. The lowest BCUT2D eigenvalue weighted by Crippen LogP contribution is -2.13. The zero-order valence-corrected chi connectivity index (χ0v) is 15.7. The first kappa shape index (κ1) is 18.1. The molecule has 0 fully saturated rings. The van der Waals surface area contributed by atoms with Gasteiger partial charge in [0.25, 0.3) is 0 Å². The highest BCUT2D eigenvalue weighted by atomic mass is 16.1. The predicted molar refractivity (Wildman–Crippen MR) is 105 cm³/mol. The lowest BCUT2D eigenvalue weighted by Gasteiger charge is -2.12. The van der Waals surface area contributed by atoms with Crippen LogP contribution in [0.4, 0.5) is 5.69 Å². The molecule has 26 heavy (non-hydrogen) atoms. The van der Waals surface area contributed by atoms with Gasteiger partial charge in [0, 0.05) is 30.8 Å². The molecule has 0 saturated carbocycles. The first-order chi connectivity index (χ1) is 12.6. The number of imidazole rings is 1. The number of carbonyl (C=O) groups excluding carboxylic acids is 1. The van der Waals surface area contributed by atoms with Gasteiger partial charge in [-0.05, 0) is 56.5 Å². The van der Waals surface area contributed by atoms with Crippen molar-refractivity contribution in [2.24, 2.45) is 0 Å². The Labute approximate surface area is 154 Å². The maximum absolute atomic E-state index is 12.2. The Hall–Kier alpha value is -2.69. The lowest BCUT2D eigenvalue weighted by atomic mass is 10.1. The summed E-state index contributed by atoms with van der Waals surface area (Å²) in [6.45, 7) is 6.38. The third-order valence-electron chi connectivity index (χ3n) is 4.49. The summed E-state index contributed by atoms with van der Waals surface area (Å²) in [6, 6.07) is 12.2. The molecule has 3 aromatic rings. The number of pyridine rings is 1. The summed E-state index contributed by atoms with van der Waals surface area (Å²) in [5.74, 6) is 1.04. The summed E-state index contributed by atoms with van der Waals surface area (Å²) in [5, 5.41) is 2.96. The van der Waals surface area contributed by atoms with Crippen LogP contribution in [0.2, 0.25) is 0 Å². The highest BCUT2D eigenvalue weighted by molar-refractivity contribution is 5.90. The number of anilines is 1. The summed E-state index contributed by atoms with van der Waals surface area (Å²) < 4.78 is 2.16. The van der Waals surface area contributed by atoms with Crippen LogP contribution in [-0.4, -0.2) is 20.4 Å². The van der Waals surface area contributed by atoms with Crippen molar-refractivity contribution >= 4 is 22.8 Å². The molecule has 0 saturated heterocycles. The van der Waals surface area contributed by atoms with E-state index in [-0.39, 0.29) is 11.9 Å². The molecule has 1 amide bonds. The molecule has 0 bridgehead atoms. The second-order valence-electron chi connectivity index (χ2n) is 6.79. The van der Waals surface area contributed by atoms with Crippen LogP contribution in [0.15, 0.2) is 42.6 Å². The molecule has 3 rings (SSSR count). The van der Waals surface area contributed by atoms with Gasteiger partial charge in [-0.3, -0.25) is 4.79 Å².